The average molecular weight is 752 g/mol. The van der Waals surface area contributed by atoms with Gasteiger partial charge < -0.3 is 9.64 Å². The number of rotatable bonds is 11. The number of hydrogen-bond acceptors (Lipinski definition) is 2. The van der Waals surface area contributed by atoms with Gasteiger partial charge >= 0.3 is 0 Å². The Bertz CT molecular complexity index is 2640. The van der Waals surface area contributed by atoms with E-state index in [1.807, 2.05) is 0 Å². The summed E-state index contributed by atoms with van der Waals surface area (Å²) in [6, 6.07) is 71.1. The van der Waals surface area contributed by atoms with E-state index in [0.29, 0.717) is 12.5 Å². The van der Waals surface area contributed by atoms with E-state index in [2.05, 4.69) is 227 Å². The molecular formula is C56H49NO. The lowest BCUT2D eigenvalue weighted by Gasteiger charge is -2.35. The summed E-state index contributed by atoms with van der Waals surface area (Å²) >= 11 is 0. The van der Waals surface area contributed by atoms with Crippen LogP contribution in [-0.2, 0) is 12.0 Å². The fourth-order valence-electron chi connectivity index (χ4n) is 8.99. The average Bonchev–Trinajstić information content (AvgIpc) is 3.57. The maximum atomic E-state index is 6.43. The van der Waals surface area contributed by atoms with Crippen molar-refractivity contribution < 1.29 is 4.74 Å². The second-order valence-electron chi connectivity index (χ2n) is 15.8. The molecule has 0 aromatic heterocycles. The molecule has 0 spiro atoms. The molecule has 8 aromatic carbocycles. The molecule has 0 N–H and O–H groups in total. The topological polar surface area (TPSA) is 12.5 Å². The molecule has 0 bridgehead atoms. The highest BCUT2D eigenvalue weighted by Crippen LogP contribution is 2.57. The Kier molecular flexibility index (Phi) is 10.0. The fourth-order valence-corrected chi connectivity index (χ4v) is 8.99. The van der Waals surface area contributed by atoms with Crippen molar-refractivity contribution in [3.8, 4) is 28.0 Å². The monoisotopic (exact) mass is 751 g/mol. The zero-order chi connectivity index (χ0) is 39.6. The smallest absolute Gasteiger partial charge is 0.119 e. The lowest BCUT2D eigenvalue weighted by atomic mass is 9.67. The molecule has 8 aromatic rings. The number of benzene rings is 8. The third-order valence-electron chi connectivity index (χ3n) is 12.0. The van der Waals surface area contributed by atoms with Gasteiger partial charge in [-0.05, 0) is 130 Å². The highest BCUT2D eigenvalue weighted by molar-refractivity contribution is 5.89. The molecule has 0 fully saturated rings. The van der Waals surface area contributed by atoms with Crippen LogP contribution in [0.2, 0.25) is 0 Å². The molecule has 2 nitrogen and oxygen atoms in total. The van der Waals surface area contributed by atoms with Gasteiger partial charge in [-0.1, -0.05) is 171 Å². The highest BCUT2D eigenvalue weighted by atomic mass is 16.5. The molecule has 1 aliphatic rings. The van der Waals surface area contributed by atoms with Gasteiger partial charge in [0, 0.05) is 17.1 Å². The summed E-state index contributed by atoms with van der Waals surface area (Å²) in [4.78, 5) is 2.39. The first-order valence-corrected chi connectivity index (χ1v) is 20.6. The molecule has 0 aliphatic heterocycles. The first-order chi connectivity index (χ1) is 28.4. The molecule has 0 heterocycles. The van der Waals surface area contributed by atoms with Gasteiger partial charge in [0.15, 0.2) is 0 Å². The molecule has 2 heteroatoms. The van der Waals surface area contributed by atoms with Crippen LogP contribution in [-0.4, -0.2) is 0 Å². The standard InChI is InChI=1S/C56H49NO/c1-5-41(4)43-22-20-42(21-23-43)38-58-51-31-26-46(27-32-51)56(47-35-39(2)34-40(3)36-47)54-19-13-12-18-52(54)53-33-30-50(37-55(53)56)57(48-16-10-7-11-17-48)49-28-24-45(25-29-49)44-14-8-6-9-15-44/h6-37,41H,5,38H2,1-4H3. The van der Waals surface area contributed by atoms with Gasteiger partial charge in [0.25, 0.3) is 0 Å². The van der Waals surface area contributed by atoms with Crippen LogP contribution in [0, 0.1) is 13.8 Å². The third kappa shape index (κ3) is 6.79. The molecule has 1 aliphatic carbocycles. The van der Waals surface area contributed by atoms with E-state index in [-0.39, 0.29) is 0 Å². The van der Waals surface area contributed by atoms with Crippen molar-refractivity contribution in [1.82, 2.24) is 0 Å². The summed E-state index contributed by atoms with van der Waals surface area (Å²) in [6.45, 7) is 9.47. The summed E-state index contributed by atoms with van der Waals surface area (Å²) in [6.07, 6.45) is 1.14. The first-order valence-electron chi connectivity index (χ1n) is 20.6. The SMILES string of the molecule is CCC(C)c1ccc(COc2ccc(C3(c4cc(C)cc(C)c4)c4ccccc4-c4ccc(N(c5ccccc5)c5ccc(-c6ccccc6)cc5)cc43)cc2)cc1. The Morgan fingerprint density at radius 2 is 1.09 bits per heavy atom. The predicted octanol–water partition coefficient (Wildman–Crippen LogP) is 14.9. The van der Waals surface area contributed by atoms with Crippen molar-refractivity contribution in [2.24, 2.45) is 0 Å². The second kappa shape index (κ2) is 15.7. The lowest BCUT2D eigenvalue weighted by molar-refractivity contribution is 0.306. The summed E-state index contributed by atoms with van der Waals surface area (Å²) in [5.74, 6) is 1.42. The van der Waals surface area contributed by atoms with Crippen LogP contribution in [0.5, 0.6) is 5.75 Å². The number of aryl methyl sites for hydroxylation is 2. The van der Waals surface area contributed by atoms with Gasteiger partial charge in [0.2, 0.25) is 0 Å². The van der Waals surface area contributed by atoms with E-state index in [1.54, 1.807) is 0 Å². The minimum atomic E-state index is -0.567. The number of anilines is 3. The molecule has 2 atom stereocenters. The molecule has 9 rings (SSSR count). The van der Waals surface area contributed by atoms with Crippen molar-refractivity contribution in [3.63, 3.8) is 0 Å². The number of hydrogen-bond donors (Lipinski definition) is 0. The van der Waals surface area contributed by atoms with E-state index >= 15 is 0 Å². The number of para-hydroxylation sites is 1. The van der Waals surface area contributed by atoms with Crippen LogP contribution >= 0.6 is 0 Å². The van der Waals surface area contributed by atoms with E-state index in [9.17, 15) is 0 Å². The Labute approximate surface area is 344 Å². The van der Waals surface area contributed by atoms with Gasteiger partial charge in [-0.2, -0.15) is 0 Å². The van der Waals surface area contributed by atoms with Gasteiger partial charge in [0.1, 0.15) is 12.4 Å². The zero-order valence-corrected chi connectivity index (χ0v) is 33.8. The number of nitrogens with zero attached hydrogens (tertiary/aromatic N) is 1. The molecule has 0 radical (unpaired) electrons. The molecule has 2 unspecified atom stereocenters. The van der Waals surface area contributed by atoms with Crippen molar-refractivity contribution in [2.45, 2.75) is 52.1 Å². The highest BCUT2D eigenvalue weighted by Gasteiger charge is 2.46. The van der Waals surface area contributed by atoms with Crippen LogP contribution in [0.25, 0.3) is 22.3 Å². The summed E-state index contributed by atoms with van der Waals surface area (Å²) < 4.78 is 6.43. The maximum absolute atomic E-state index is 6.43. The molecule has 0 saturated carbocycles. The third-order valence-corrected chi connectivity index (χ3v) is 12.0. The molecular weight excluding hydrogens is 703 g/mol. The quantitative estimate of drug-likeness (QED) is 0.130. The van der Waals surface area contributed by atoms with E-state index < -0.39 is 5.41 Å². The summed E-state index contributed by atoms with van der Waals surface area (Å²) in [5, 5.41) is 0. The van der Waals surface area contributed by atoms with Gasteiger partial charge in [-0.15, -0.1) is 0 Å². The van der Waals surface area contributed by atoms with Crippen LogP contribution in [0.15, 0.2) is 194 Å². The van der Waals surface area contributed by atoms with Gasteiger partial charge in [0.05, 0.1) is 5.41 Å². The number of ether oxygens (including phenoxy) is 1. The van der Waals surface area contributed by atoms with Gasteiger partial charge in [-0.3, -0.25) is 0 Å². The summed E-state index contributed by atoms with van der Waals surface area (Å²) in [7, 11) is 0. The van der Waals surface area contributed by atoms with Crippen LogP contribution in [0.3, 0.4) is 0 Å². The largest absolute Gasteiger partial charge is 0.489 e. The van der Waals surface area contributed by atoms with E-state index in [1.165, 1.54) is 66.8 Å². The molecule has 0 saturated heterocycles. The first kappa shape index (κ1) is 37.0. The summed E-state index contributed by atoms with van der Waals surface area (Å²) in [5.41, 5.74) is 17.8. The minimum Gasteiger partial charge on any atom is -0.489 e. The van der Waals surface area contributed by atoms with Crippen molar-refractivity contribution in [1.29, 1.82) is 0 Å². The van der Waals surface area contributed by atoms with Crippen LogP contribution in [0.1, 0.15) is 70.7 Å². The van der Waals surface area contributed by atoms with Crippen LogP contribution < -0.4 is 9.64 Å². The second-order valence-corrected chi connectivity index (χ2v) is 15.8. The Morgan fingerprint density at radius 1 is 0.500 bits per heavy atom. The molecule has 58 heavy (non-hydrogen) atoms. The van der Waals surface area contributed by atoms with Crippen LogP contribution in [0.4, 0.5) is 17.1 Å². The Morgan fingerprint density at radius 3 is 1.78 bits per heavy atom. The normalized spacial score (nSPS) is 14.7. The molecule has 0 amide bonds. The Hall–Kier alpha value is -6.64. The van der Waals surface area contributed by atoms with Crippen molar-refractivity contribution in [3.05, 3.63) is 239 Å². The van der Waals surface area contributed by atoms with Gasteiger partial charge in [-0.25, -0.2) is 0 Å². The number of fused-ring (bicyclic) bond motifs is 3. The fraction of sp³-hybridized carbons (Fsp3) is 0.143. The predicted molar refractivity (Wildman–Crippen MR) is 243 cm³/mol. The van der Waals surface area contributed by atoms with E-state index in [4.69, 9.17) is 4.74 Å². The van der Waals surface area contributed by atoms with Crippen molar-refractivity contribution in [2.75, 3.05) is 4.90 Å². The maximum Gasteiger partial charge on any atom is 0.119 e. The Balaban J connectivity index is 1.17. The zero-order valence-electron chi connectivity index (χ0n) is 33.8. The van der Waals surface area contributed by atoms with Crippen molar-refractivity contribution >= 4 is 17.1 Å². The van der Waals surface area contributed by atoms with E-state index in [0.717, 1.165) is 29.2 Å². The molecule has 284 valence electrons. The minimum absolute atomic E-state index is 0.527. The lowest BCUT2D eigenvalue weighted by Crippen LogP contribution is -2.29.